The lowest BCUT2D eigenvalue weighted by Crippen LogP contribution is -2.26. The van der Waals surface area contributed by atoms with Gasteiger partial charge in [0.05, 0.1) is 24.4 Å². The van der Waals surface area contributed by atoms with E-state index >= 15 is 0 Å². The number of amides is 1. The Balaban J connectivity index is 2.08. The average molecular weight is 234 g/mol. The zero-order valence-electron chi connectivity index (χ0n) is 9.63. The summed E-state index contributed by atoms with van der Waals surface area (Å²) in [6, 6.07) is 3.57. The summed E-state index contributed by atoms with van der Waals surface area (Å²) in [5.41, 5.74) is 0.726. The van der Waals surface area contributed by atoms with E-state index in [9.17, 15) is 9.59 Å². The molecular formula is C12H14N2O3. The molecule has 2 rings (SSSR count). The van der Waals surface area contributed by atoms with Gasteiger partial charge >= 0.3 is 5.97 Å². The molecule has 1 unspecified atom stereocenters. The van der Waals surface area contributed by atoms with Crippen molar-refractivity contribution in [3.8, 4) is 0 Å². The van der Waals surface area contributed by atoms with Gasteiger partial charge in [0, 0.05) is 19.2 Å². The number of ether oxygens (including phenoxy) is 1. The van der Waals surface area contributed by atoms with Gasteiger partial charge in [-0.05, 0) is 19.1 Å². The first-order valence-electron chi connectivity index (χ1n) is 5.59. The number of pyridine rings is 1. The molecule has 1 saturated heterocycles. The van der Waals surface area contributed by atoms with Crippen molar-refractivity contribution < 1.29 is 14.3 Å². The van der Waals surface area contributed by atoms with Crippen LogP contribution in [0.3, 0.4) is 0 Å². The molecular weight excluding hydrogens is 220 g/mol. The lowest BCUT2D eigenvalue weighted by Gasteiger charge is -2.15. The molecule has 1 fully saturated rings. The molecule has 0 saturated carbocycles. The van der Waals surface area contributed by atoms with Crippen LogP contribution >= 0.6 is 0 Å². The Morgan fingerprint density at radius 1 is 1.65 bits per heavy atom. The van der Waals surface area contributed by atoms with Crippen molar-refractivity contribution in [1.29, 1.82) is 0 Å². The van der Waals surface area contributed by atoms with Crippen molar-refractivity contribution in [3.63, 3.8) is 0 Å². The lowest BCUT2D eigenvalue weighted by molar-refractivity contribution is -0.147. The molecule has 5 nitrogen and oxygen atoms in total. The standard InChI is InChI=1S/C12H14N2O3/c1-2-17-12(16)9-6-11(15)14(8-9)10-4-3-5-13-7-10/h3-5,7,9H,2,6,8H2,1H3. The maximum atomic E-state index is 11.8. The van der Waals surface area contributed by atoms with Crippen LogP contribution in [0.4, 0.5) is 5.69 Å². The fourth-order valence-corrected chi connectivity index (χ4v) is 1.89. The van der Waals surface area contributed by atoms with E-state index in [-0.39, 0.29) is 24.2 Å². The topological polar surface area (TPSA) is 59.5 Å². The zero-order chi connectivity index (χ0) is 12.3. The maximum absolute atomic E-state index is 11.8. The highest BCUT2D eigenvalue weighted by Crippen LogP contribution is 2.24. The Morgan fingerprint density at radius 2 is 2.47 bits per heavy atom. The van der Waals surface area contributed by atoms with E-state index < -0.39 is 0 Å². The Kier molecular flexibility index (Phi) is 3.37. The van der Waals surface area contributed by atoms with Gasteiger partial charge in [-0.15, -0.1) is 0 Å². The van der Waals surface area contributed by atoms with E-state index in [4.69, 9.17) is 4.74 Å². The minimum Gasteiger partial charge on any atom is -0.466 e. The minimum atomic E-state index is -0.359. The van der Waals surface area contributed by atoms with Crippen LogP contribution in [0.5, 0.6) is 0 Å². The van der Waals surface area contributed by atoms with Gasteiger partial charge in [0.1, 0.15) is 0 Å². The number of rotatable bonds is 3. The summed E-state index contributed by atoms with van der Waals surface area (Å²) < 4.78 is 4.92. The molecule has 1 aliphatic heterocycles. The summed E-state index contributed by atoms with van der Waals surface area (Å²) in [5, 5.41) is 0. The van der Waals surface area contributed by atoms with Crippen LogP contribution in [-0.2, 0) is 14.3 Å². The highest BCUT2D eigenvalue weighted by molar-refractivity contribution is 5.99. The predicted octanol–water partition coefficient (Wildman–Crippen LogP) is 0.998. The number of esters is 1. The normalized spacial score (nSPS) is 19.5. The van der Waals surface area contributed by atoms with Gasteiger partial charge in [0.15, 0.2) is 0 Å². The van der Waals surface area contributed by atoms with Gasteiger partial charge in [-0.1, -0.05) is 0 Å². The third-order valence-electron chi connectivity index (χ3n) is 2.70. The highest BCUT2D eigenvalue weighted by Gasteiger charge is 2.35. The molecule has 1 atom stereocenters. The number of anilines is 1. The number of hydrogen-bond acceptors (Lipinski definition) is 4. The van der Waals surface area contributed by atoms with Gasteiger partial charge < -0.3 is 9.64 Å². The fraction of sp³-hybridized carbons (Fsp3) is 0.417. The Morgan fingerprint density at radius 3 is 3.12 bits per heavy atom. The van der Waals surface area contributed by atoms with Crippen molar-refractivity contribution in [2.75, 3.05) is 18.1 Å². The van der Waals surface area contributed by atoms with Gasteiger partial charge in [-0.25, -0.2) is 0 Å². The van der Waals surface area contributed by atoms with Crippen LogP contribution in [0.2, 0.25) is 0 Å². The predicted molar refractivity (Wildman–Crippen MR) is 61.3 cm³/mol. The molecule has 0 aliphatic carbocycles. The minimum absolute atomic E-state index is 0.0592. The first-order chi connectivity index (χ1) is 8.22. The van der Waals surface area contributed by atoms with Gasteiger partial charge in [-0.3, -0.25) is 14.6 Å². The van der Waals surface area contributed by atoms with Crippen LogP contribution in [0.15, 0.2) is 24.5 Å². The molecule has 1 aromatic heterocycles. The van der Waals surface area contributed by atoms with Crippen LogP contribution in [0, 0.1) is 5.92 Å². The molecule has 1 aromatic rings. The molecule has 0 spiro atoms. The second-order valence-corrected chi connectivity index (χ2v) is 3.87. The molecule has 0 aromatic carbocycles. The van der Waals surface area contributed by atoms with Crippen molar-refractivity contribution in [1.82, 2.24) is 4.98 Å². The quantitative estimate of drug-likeness (QED) is 0.732. The monoisotopic (exact) mass is 234 g/mol. The smallest absolute Gasteiger partial charge is 0.311 e. The number of hydrogen-bond donors (Lipinski definition) is 0. The van der Waals surface area contributed by atoms with E-state index in [0.29, 0.717) is 13.2 Å². The van der Waals surface area contributed by atoms with E-state index in [0.717, 1.165) is 5.69 Å². The summed E-state index contributed by atoms with van der Waals surface area (Å²) in [4.78, 5) is 28.9. The molecule has 0 N–H and O–H groups in total. The number of carbonyl (C=O) groups is 2. The first kappa shape index (κ1) is 11.6. The Bertz CT molecular complexity index is 419. The largest absolute Gasteiger partial charge is 0.466 e. The zero-order valence-corrected chi connectivity index (χ0v) is 9.63. The second kappa shape index (κ2) is 4.95. The Hall–Kier alpha value is -1.91. The van der Waals surface area contributed by atoms with Crippen molar-refractivity contribution in [2.45, 2.75) is 13.3 Å². The summed E-state index contributed by atoms with van der Waals surface area (Å²) in [5.74, 6) is -0.717. The lowest BCUT2D eigenvalue weighted by atomic mass is 10.1. The molecule has 2 heterocycles. The molecule has 5 heteroatoms. The highest BCUT2D eigenvalue weighted by atomic mass is 16.5. The van der Waals surface area contributed by atoms with Gasteiger partial charge in [0.2, 0.25) is 5.91 Å². The third-order valence-corrected chi connectivity index (χ3v) is 2.70. The van der Waals surface area contributed by atoms with Crippen LogP contribution < -0.4 is 4.90 Å². The average Bonchev–Trinajstić information content (AvgIpc) is 2.73. The molecule has 1 aliphatic rings. The molecule has 0 radical (unpaired) electrons. The second-order valence-electron chi connectivity index (χ2n) is 3.87. The summed E-state index contributed by atoms with van der Waals surface area (Å²) in [6.07, 6.45) is 3.48. The molecule has 17 heavy (non-hydrogen) atoms. The number of carbonyl (C=O) groups excluding carboxylic acids is 2. The van der Waals surface area contributed by atoms with Crippen LogP contribution in [0.1, 0.15) is 13.3 Å². The third kappa shape index (κ3) is 2.43. The number of nitrogens with zero attached hydrogens (tertiary/aromatic N) is 2. The molecule has 0 bridgehead atoms. The summed E-state index contributed by atoms with van der Waals surface area (Å²) in [6.45, 7) is 2.48. The van der Waals surface area contributed by atoms with E-state index in [1.165, 1.54) is 0 Å². The Labute approximate surface area is 99.4 Å². The number of aromatic nitrogens is 1. The van der Waals surface area contributed by atoms with E-state index in [1.807, 2.05) is 0 Å². The molecule has 1 amide bonds. The molecule has 90 valence electrons. The van der Waals surface area contributed by atoms with Crippen molar-refractivity contribution in [2.24, 2.45) is 5.92 Å². The van der Waals surface area contributed by atoms with E-state index in [1.54, 1.807) is 36.4 Å². The van der Waals surface area contributed by atoms with Crippen molar-refractivity contribution >= 4 is 17.6 Å². The first-order valence-corrected chi connectivity index (χ1v) is 5.59. The fourth-order valence-electron chi connectivity index (χ4n) is 1.89. The van der Waals surface area contributed by atoms with Crippen LogP contribution in [0.25, 0.3) is 0 Å². The van der Waals surface area contributed by atoms with Gasteiger partial charge in [-0.2, -0.15) is 0 Å². The summed E-state index contributed by atoms with van der Waals surface area (Å²) >= 11 is 0. The summed E-state index contributed by atoms with van der Waals surface area (Å²) in [7, 11) is 0. The van der Waals surface area contributed by atoms with Gasteiger partial charge in [0.25, 0.3) is 0 Å². The SMILES string of the molecule is CCOC(=O)C1CC(=O)N(c2cccnc2)C1. The maximum Gasteiger partial charge on any atom is 0.311 e. The van der Waals surface area contributed by atoms with Crippen molar-refractivity contribution in [3.05, 3.63) is 24.5 Å². The van der Waals surface area contributed by atoms with E-state index in [2.05, 4.69) is 4.98 Å². The van der Waals surface area contributed by atoms with Crippen LogP contribution in [-0.4, -0.2) is 30.0 Å².